The number of carbonyl (C=O) groups excluding carboxylic acids is 2. The fourth-order valence-corrected chi connectivity index (χ4v) is 2.81. The molecule has 1 saturated heterocycles. The molecule has 1 aromatic rings. The molecule has 1 aromatic carbocycles. The van der Waals surface area contributed by atoms with Gasteiger partial charge in [0.05, 0.1) is 5.92 Å². The molecule has 1 heterocycles. The van der Waals surface area contributed by atoms with Crippen molar-refractivity contribution in [2.45, 2.75) is 40.0 Å². The van der Waals surface area contributed by atoms with Crippen LogP contribution < -0.4 is 5.32 Å². The standard InChI is InChI=1S/C19H28N2O2/c1-14(2)9-11-21-13-17(12-18(21)22)19(23)20-10-8-16-6-4-15(3)5-7-16/h4-7,14,17H,8-13H2,1-3H3,(H,20,23)/t17-/m0/s1. The number of carbonyl (C=O) groups is 2. The van der Waals surface area contributed by atoms with E-state index in [4.69, 9.17) is 0 Å². The molecule has 2 amide bonds. The molecular weight excluding hydrogens is 288 g/mol. The Morgan fingerprint density at radius 1 is 1.30 bits per heavy atom. The van der Waals surface area contributed by atoms with Gasteiger partial charge in [0, 0.05) is 26.1 Å². The van der Waals surface area contributed by atoms with Crippen molar-refractivity contribution < 1.29 is 9.59 Å². The maximum atomic E-state index is 12.2. The second kappa shape index (κ2) is 8.14. The van der Waals surface area contributed by atoms with Gasteiger partial charge in [-0.05, 0) is 31.2 Å². The summed E-state index contributed by atoms with van der Waals surface area (Å²) in [7, 11) is 0. The lowest BCUT2D eigenvalue weighted by Crippen LogP contribution is -2.34. The van der Waals surface area contributed by atoms with Crippen molar-refractivity contribution in [1.82, 2.24) is 10.2 Å². The van der Waals surface area contributed by atoms with E-state index in [0.717, 1.165) is 19.4 Å². The summed E-state index contributed by atoms with van der Waals surface area (Å²) in [6.07, 6.45) is 2.17. The molecule has 0 saturated carbocycles. The van der Waals surface area contributed by atoms with Gasteiger partial charge >= 0.3 is 0 Å². The van der Waals surface area contributed by atoms with Gasteiger partial charge in [-0.15, -0.1) is 0 Å². The van der Waals surface area contributed by atoms with Gasteiger partial charge < -0.3 is 10.2 Å². The topological polar surface area (TPSA) is 49.4 Å². The molecule has 0 aromatic heterocycles. The van der Waals surface area contributed by atoms with Gasteiger partial charge in [0.1, 0.15) is 0 Å². The highest BCUT2D eigenvalue weighted by atomic mass is 16.2. The summed E-state index contributed by atoms with van der Waals surface area (Å²) < 4.78 is 0. The monoisotopic (exact) mass is 316 g/mol. The molecule has 0 bridgehead atoms. The molecule has 4 nitrogen and oxygen atoms in total. The summed E-state index contributed by atoms with van der Waals surface area (Å²) in [6.45, 7) is 8.32. The van der Waals surface area contributed by atoms with Crippen LogP contribution in [-0.2, 0) is 16.0 Å². The predicted octanol–water partition coefficient (Wildman–Crippen LogP) is 2.55. The molecule has 0 unspecified atom stereocenters. The number of hydrogen-bond acceptors (Lipinski definition) is 2. The molecule has 4 heteroatoms. The van der Waals surface area contributed by atoms with Crippen LogP contribution in [0, 0.1) is 18.8 Å². The van der Waals surface area contributed by atoms with Gasteiger partial charge in [0.15, 0.2) is 0 Å². The predicted molar refractivity (Wildman–Crippen MR) is 92.0 cm³/mol. The van der Waals surface area contributed by atoms with Gasteiger partial charge in [0.25, 0.3) is 0 Å². The van der Waals surface area contributed by atoms with Gasteiger partial charge in [-0.2, -0.15) is 0 Å². The van der Waals surface area contributed by atoms with Crippen molar-refractivity contribution in [2.75, 3.05) is 19.6 Å². The molecule has 1 fully saturated rings. The molecule has 1 N–H and O–H groups in total. The number of nitrogens with zero attached hydrogens (tertiary/aromatic N) is 1. The van der Waals surface area contributed by atoms with E-state index in [0.29, 0.717) is 25.4 Å². The highest BCUT2D eigenvalue weighted by molar-refractivity contribution is 5.89. The third kappa shape index (κ3) is 5.38. The smallest absolute Gasteiger partial charge is 0.225 e. The van der Waals surface area contributed by atoms with Gasteiger partial charge in [-0.3, -0.25) is 9.59 Å². The summed E-state index contributed by atoms with van der Waals surface area (Å²) >= 11 is 0. The molecule has 0 radical (unpaired) electrons. The molecule has 0 aliphatic carbocycles. The summed E-state index contributed by atoms with van der Waals surface area (Å²) in [5.74, 6) is 0.514. The first-order valence-electron chi connectivity index (χ1n) is 8.56. The lowest BCUT2D eigenvalue weighted by molar-refractivity contribution is -0.129. The Labute approximate surface area is 139 Å². The first-order valence-corrected chi connectivity index (χ1v) is 8.56. The number of benzene rings is 1. The highest BCUT2D eigenvalue weighted by Gasteiger charge is 2.33. The molecule has 0 spiro atoms. The number of rotatable bonds is 7. The summed E-state index contributed by atoms with van der Waals surface area (Å²) in [4.78, 5) is 26.0. The zero-order valence-corrected chi connectivity index (χ0v) is 14.5. The lowest BCUT2D eigenvalue weighted by Gasteiger charge is -2.17. The van der Waals surface area contributed by atoms with E-state index >= 15 is 0 Å². The van der Waals surface area contributed by atoms with Crippen LogP contribution >= 0.6 is 0 Å². The number of likely N-dealkylation sites (tertiary alicyclic amines) is 1. The fourth-order valence-electron chi connectivity index (χ4n) is 2.81. The quantitative estimate of drug-likeness (QED) is 0.840. The first kappa shape index (κ1) is 17.5. The molecule has 1 aliphatic rings. The van der Waals surface area contributed by atoms with E-state index in [2.05, 4.69) is 50.4 Å². The summed E-state index contributed by atoms with van der Waals surface area (Å²) in [5.41, 5.74) is 2.46. The van der Waals surface area contributed by atoms with Gasteiger partial charge in [0.2, 0.25) is 11.8 Å². The van der Waals surface area contributed by atoms with Crippen LogP contribution in [-0.4, -0.2) is 36.3 Å². The third-order valence-corrected chi connectivity index (χ3v) is 4.40. The maximum absolute atomic E-state index is 12.2. The number of amides is 2. The number of hydrogen-bond donors (Lipinski definition) is 1. The van der Waals surface area contributed by atoms with Crippen LogP contribution in [0.2, 0.25) is 0 Å². The van der Waals surface area contributed by atoms with E-state index in [-0.39, 0.29) is 17.7 Å². The normalized spacial score (nSPS) is 17.8. The van der Waals surface area contributed by atoms with Crippen molar-refractivity contribution in [3.63, 3.8) is 0 Å². The molecule has 126 valence electrons. The van der Waals surface area contributed by atoms with Crippen molar-refractivity contribution in [3.8, 4) is 0 Å². The van der Waals surface area contributed by atoms with E-state index in [1.807, 2.05) is 4.90 Å². The third-order valence-electron chi connectivity index (χ3n) is 4.40. The number of nitrogens with one attached hydrogen (secondary N) is 1. The fraction of sp³-hybridized carbons (Fsp3) is 0.579. The van der Waals surface area contributed by atoms with E-state index in [1.165, 1.54) is 11.1 Å². The van der Waals surface area contributed by atoms with Crippen molar-refractivity contribution in [1.29, 1.82) is 0 Å². The van der Waals surface area contributed by atoms with Crippen LogP contribution in [0.1, 0.15) is 37.8 Å². The van der Waals surface area contributed by atoms with Crippen LogP contribution in [0.4, 0.5) is 0 Å². The van der Waals surface area contributed by atoms with E-state index < -0.39 is 0 Å². The maximum Gasteiger partial charge on any atom is 0.225 e. The second-order valence-corrected chi connectivity index (χ2v) is 6.95. The summed E-state index contributed by atoms with van der Waals surface area (Å²) in [5, 5.41) is 2.98. The van der Waals surface area contributed by atoms with Crippen LogP contribution in [0.15, 0.2) is 24.3 Å². The van der Waals surface area contributed by atoms with Gasteiger partial charge in [-0.1, -0.05) is 43.7 Å². The Bertz CT molecular complexity index is 537. The van der Waals surface area contributed by atoms with Crippen molar-refractivity contribution >= 4 is 11.8 Å². The Kier molecular flexibility index (Phi) is 6.20. The van der Waals surface area contributed by atoms with Crippen molar-refractivity contribution in [3.05, 3.63) is 35.4 Å². The minimum Gasteiger partial charge on any atom is -0.355 e. The second-order valence-electron chi connectivity index (χ2n) is 6.95. The largest absolute Gasteiger partial charge is 0.355 e. The first-order chi connectivity index (χ1) is 11.0. The Morgan fingerprint density at radius 2 is 2.00 bits per heavy atom. The molecule has 2 rings (SSSR count). The van der Waals surface area contributed by atoms with E-state index in [1.54, 1.807) is 0 Å². The molecular formula is C19H28N2O2. The summed E-state index contributed by atoms with van der Waals surface area (Å²) in [6, 6.07) is 8.35. The molecule has 23 heavy (non-hydrogen) atoms. The van der Waals surface area contributed by atoms with Crippen molar-refractivity contribution in [2.24, 2.45) is 11.8 Å². The Balaban J connectivity index is 1.73. The minimum absolute atomic E-state index is 0.0116. The zero-order chi connectivity index (χ0) is 16.8. The lowest BCUT2D eigenvalue weighted by atomic mass is 10.1. The average Bonchev–Trinajstić information content (AvgIpc) is 2.88. The van der Waals surface area contributed by atoms with Crippen LogP contribution in [0.3, 0.4) is 0 Å². The Hall–Kier alpha value is -1.84. The van der Waals surface area contributed by atoms with Crippen LogP contribution in [0.25, 0.3) is 0 Å². The molecule has 1 atom stereocenters. The zero-order valence-electron chi connectivity index (χ0n) is 14.5. The highest BCUT2D eigenvalue weighted by Crippen LogP contribution is 2.19. The van der Waals surface area contributed by atoms with E-state index in [9.17, 15) is 9.59 Å². The Morgan fingerprint density at radius 3 is 2.65 bits per heavy atom. The van der Waals surface area contributed by atoms with Gasteiger partial charge in [-0.25, -0.2) is 0 Å². The average molecular weight is 316 g/mol. The SMILES string of the molecule is Cc1ccc(CCNC(=O)[C@H]2CC(=O)N(CCC(C)C)C2)cc1. The van der Waals surface area contributed by atoms with Crippen LogP contribution in [0.5, 0.6) is 0 Å². The minimum atomic E-state index is -0.187. The molecule has 1 aliphatic heterocycles. The number of aryl methyl sites for hydroxylation is 1.